The molecule has 0 saturated heterocycles. The number of amides is 1. The van der Waals surface area contributed by atoms with Crippen LogP contribution in [0.4, 0.5) is 0 Å². The standard InChI is InChI=1S/C24H30N2O4/c1-4-22(27)25-19-10-11-20(14-19)26(3)23(28)17-7-5-16(6-8-17)18-9-12-21(24(29)30)15(2)13-18/h5-9,12-13,19-20,22,25,27H,4,10-11,14H2,1-3H3,(H,29,30)/t19-,20+,22?/m0/s1. The van der Waals surface area contributed by atoms with Crippen LogP contribution in [0.1, 0.15) is 58.9 Å². The van der Waals surface area contributed by atoms with E-state index in [1.54, 1.807) is 24.0 Å². The summed E-state index contributed by atoms with van der Waals surface area (Å²) < 4.78 is 0. The number of aromatic carboxylic acids is 1. The van der Waals surface area contributed by atoms with Crippen LogP contribution in [0.15, 0.2) is 42.5 Å². The van der Waals surface area contributed by atoms with Gasteiger partial charge in [-0.25, -0.2) is 4.79 Å². The Hall–Kier alpha value is -2.70. The molecule has 6 nitrogen and oxygen atoms in total. The van der Waals surface area contributed by atoms with Gasteiger partial charge in [-0.3, -0.25) is 10.1 Å². The predicted molar refractivity (Wildman–Crippen MR) is 117 cm³/mol. The van der Waals surface area contributed by atoms with Gasteiger partial charge in [-0.2, -0.15) is 0 Å². The molecule has 3 rings (SSSR count). The number of hydrogen-bond donors (Lipinski definition) is 3. The van der Waals surface area contributed by atoms with E-state index in [-0.39, 0.29) is 18.0 Å². The van der Waals surface area contributed by atoms with E-state index in [1.165, 1.54) is 0 Å². The summed E-state index contributed by atoms with van der Waals surface area (Å²) in [6, 6.07) is 13.1. The van der Waals surface area contributed by atoms with Gasteiger partial charge >= 0.3 is 5.97 Å². The first-order valence-electron chi connectivity index (χ1n) is 10.5. The second-order valence-corrected chi connectivity index (χ2v) is 8.08. The Labute approximate surface area is 177 Å². The van der Waals surface area contributed by atoms with Crippen LogP contribution in [-0.2, 0) is 0 Å². The van der Waals surface area contributed by atoms with Crippen molar-refractivity contribution in [2.45, 2.75) is 57.8 Å². The number of rotatable bonds is 7. The van der Waals surface area contributed by atoms with E-state index >= 15 is 0 Å². The lowest BCUT2D eigenvalue weighted by molar-refractivity contribution is 0.0693. The minimum atomic E-state index is -0.934. The molecular weight excluding hydrogens is 380 g/mol. The molecule has 0 aliphatic heterocycles. The first kappa shape index (κ1) is 22.0. The molecule has 30 heavy (non-hydrogen) atoms. The van der Waals surface area contributed by atoms with Crippen molar-refractivity contribution in [3.63, 3.8) is 0 Å². The van der Waals surface area contributed by atoms with Gasteiger partial charge in [0.2, 0.25) is 0 Å². The van der Waals surface area contributed by atoms with Crippen LogP contribution < -0.4 is 5.32 Å². The second kappa shape index (κ2) is 9.41. The maximum absolute atomic E-state index is 12.9. The zero-order chi connectivity index (χ0) is 21.8. The highest BCUT2D eigenvalue weighted by atomic mass is 16.4. The molecule has 6 heteroatoms. The zero-order valence-electron chi connectivity index (χ0n) is 17.8. The number of carboxylic acids is 1. The Bertz CT molecular complexity index is 910. The molecule has 0 spiro atoms. The summed E-state index contributed by atoms with van der Waals surface area (Å²) in [5, 5.41) is 22.2. The fourth-order valence-electron chi connectivity index (χ4n) is 4.11. The van der Waals surface area contributed by atoms with E-state index in [0.29, 0.717) is 23.1 Å². The Kier molecular flexibility index (Phi) is 6.90. The molecule has 0 bridgehead atoms. The summed E-state index contributed by atoms with van der Waals surface area (Å²) in [4.78, 5) is 25.9. The number of hydrogen-bond acceptors (Lipinski definition) is 4. The molecule has 3 atom stereocenters. The van der Waals surface area contributed by atoms with Crippen molar-refractivity contribution >= 4 is 11.9 Å². The lowest BCUT2D eigenvalue weighted by atomic mass is 9.99. The second-order valence-electron chi connectivity index (χ2n) is 8.08. The molecule has 1 saturated carbocycles. The maximum Gasteiger partial charge on any atom is 0.335 e. The molecule has 1 unspecified atom stereocenters. The average molecular weight is 411 g/mol. The molecule has 0 heterocycles. The minimum Gasteiger partial charge on any atom is -0.478 e. The lowest BCUT2D eigenvalue weighted by Gasteiger charge is -2.25. The van der Waals surface area contributed by atoms with Crippen LogP contribution in [0, 0.1) is 6.92 Å². The van der Waals surface area contributed by atoms with Gasteiger partial charge < -0.3 is 15.1 Å². The molecular formula is C24H30N2O4. The van der Waals surface area contributed by atoms with Crippen molar-refractivity contribution in [1.29, 1.82) is 0 Å². The topological polar surface area (TPSA) is 89.9 Å². The van der Waals surface area contributed by atoms with Crippen LogP contribution in [0.3, 0.4) is 0 Å². The summed E-state index contributed by atoms with van der Waals surface area (Å²) in [5.41, 5.74) is 3.49. The number of carbonyl (C=O) groups is 2. The van der Waals surface area contributed by atoms with Crippen molar-refractivity contribution in [2.24, 2.45) is 0 Å². The van der Waals surface area contributed by atoms with E-state index in [9.17, 15) is 19.8 Å². The monoisotopic (exact) mass is 410 g/mol. The SMILES string of the molecule is CCC(O)N[C@H]1CC[C@@H](N(C)C(=O)c2ccc(-c3ccc(C(=O)O)c(C)c3)cc2)C1. The Morgan fingerprint density at radius 2 is 1.80 bits per heavy atom. The van der Waals surface area contributed by atoms with E-state index in [2.05, 4.69) is 5.32 Å². The number of aryl methyl sites for hydroxylation is 1. The van der Waals surface area contributed by atoms with E-state index in [1.807, 2.05) is 44.3 Å². The maximum atomic E-state index is 12.9. The highest BCUT2D eigenvalue weighted by Gasteiger charge is 2.30. The van der Waals surface area contributed by atoms with Gasteiger partial charge in [0, 0.05) is 24.7 Å². The molecule has 2 aromatic rings. The number of aliphatic hydroxyl groups is 1. The van der Waals surface area contributed by atoms with Gasteiger partial charge in [-0.15, -0.1) is 0 Å². The Morgan fingerprint density at radius 1 is 1.13 bits per heavy atom. The van der Waals surface area contributed by atoms with Crippen molar-refractivity contribution in [1.82, 2.24) is 10.2 Å². The van der Waals surface area contributed by atoms with Gasteiger partial charge in [0.1, 0.15) is 6.23 Å². The van der Waals surface area contributed by atoms with Crippen LogP contribution in [-0.4, -0.2) is 52.3 Å². The van der Waals surface area contributed by atoms with Crippen LogP contribution in [0.25, 0.3) is 11.1 Å². The van der Waals surface area contributed by atoms with Crippen molar-refractivity contribution < 1.29 is 19.8 Å². The third-order valence-electron chi connectivity index (χ3n) is 6.01. The Morgan fingerprint density at radius 3 is 2.40 bits per heavy atom. The van der Waals surface area contributed by atoms with Gasteiger partial charge in [0.05, 0.1) is 5.56 Å². The van der Waals surface area contributed by atoms with Gasteiger partial charge in [0.15, 0.2) is 0 Å². The molecule has 1 aliphatic carbocycles. The summed E-state index contributed by atoms with van der Waals surface area (Å²) in [5.74, 6) is -0.947. The van der Waals surface area contributed by atoms with Crippen molar-refractivity contribution in [3.05, 3.63) is 59.2 Å². The summed E-state index contributed by atoms with van der Waals surface area (Å²) in [6.45, 7) is 3.72. The highest BCUT2D eigenvalue weighted by Crippen LogP contribution is 2.26. The first-order chi connectivity index (χ1) is 14.3. The summed E-state index contributed by atoms with van der Waals surface area (Å²) in [6.07, 6.45) is 2.89. The molecule has 160 valence electrons. The normalized spacial score (nSPS) is 19.5. The minimum absolute atomic E-state index is 0.0133. The van der Waals surface area contributed by atoms with Crippen LogP contribution in [0.2, 0.25) is 0 Å². The lowest BCUT2D eigenvalue weighted by Crippen LogP contribution is -2.39. The number of carbonyl (C=O) groups excluding carboxylic acids is 1. The van der Waals surface area contributed by atoms with Crippen LogP contribution in [0.5, 0.6) is 0 Å². The number of carboxylic acid groups (broad SMARTS) is 1. The molecule has 1 fully saturated rings. The molecule has 3 N–H and O–H groups in total. The molecule has 1 amide bonds. The summed E-state index contributed by atoms with van der Waals surface area (Å²) >= 11 is 0. The van der Waals surface area contributed by atoms with Gasteiger partial charge in [-0.1, -0.05) is 31.2 Å². The zero-order valence-corrected chi connectivity index (χ0v) is 17.8. The van der Waals surface area contributed by atoms with Crippen LogP contribution >= 0.6 is 0 Å². The number of nitrogens with one attached hydrogen (secondary N) is 1. The Balaban J connectivity index is 1.66. The summed E-state index contributed by atoms with van der Waals surface area (Å²) in [7, 11) is 1.84. The number of aliphatic hydroxyl groups excluding tert-OH is 1. The molecule has 0 radical (unpaired) electrons. The first-order valence-corrected chi connectivity index (χ1v) is 10.5. The van der Waals surface area contributed by atoms with Crippen molar-refractivity contribution in [2.75, 3.05) is 7.05 Å². The smallest absolute Gasteiger partial charge is 0.335 e. The molecule has 1 aliphatic rings. The van der Waals surface area contributed by atoms with Gasteiger partial charge in [0.25, 0.3) is 5.91 Å². The highest BCUT2D eigenvalue weighted by molar-refractivity contribution is 5.95. The molecule has 2 aromatic carbocycles. The third kappa shape index (κ3) is 4.89. The van der Waals surface area contributed by atoms with Crippen molar-refractivity contribution in [3.8, 4) is 11.1 Å². The molecule has 0 aromatic heterocycles. The third-order valence-corrected chi connectivity index (χ3v) is 6.01. The fraction of sp³-hybridized carbons (Fsp3) is 0.417. The quantitative estimate of drug-likeness (QED) is 0.606. The number of nitrogens with zero attached hydrogens (tertiary/aromatic N) is 1. The van der Waals surface area contributed by atoms with E-state index in [0.717, 1.165) is 30.4 Å². The van der Waals surface area contributed by atoms with E-state index < -0.39 is 12.2 Å². The van der Waals surface area contributed by atoms with Gasteiger partial charge in [-0.05, 0) is 67.5 Å². The number of benzene rings is 2. The largest absolute Gasteiger partial charge is 0.478 e. The average Bonchev–Trinajstić information content (AvgIpc) is 3.20. The fourth-order valence-corrected chi connectivity index (χ4v) is 4.11. The predicted octanol–water partition coefficient (Wildman–Crippen LogP) is 3.67. The van der Waals surface area contributed by atoms with E-state index in [4.69, 9.17) is 0 Å².